The summed E-state index contributed by atoms with van der Waals surface area (Å²) in [7, 11) is 0. The third kappa shape index (κ3) is 1.80. The van der Waals surface area contributed by atoms with Gasteiger partial charge in [0.05, 0.1) is 5.75 Å². The molecule has 0 atom stereocenters. The molecule has 0 saturated heterocycles. The fourth-order valence-corrected chi connectivity index (χ4v) is 2.33. The topological polar surface area (TPSA) is 43.1 Å². The van der Waals surface area contributed by atoms with E-state index in [-0.39, 0.29) is 5.54 Å². The molecular weight excluding hydrogens is 174 g/mol. The number of carboxylic acids is 1. The third-order valence-electron chi connectivity index (χ3n) is 1.78. The minimum Gasteiger partial charge on any atom is -0.539 e. The highest BCUT2D eigenvalue weighted by molar-refractivity contribution is 8.15. The Kier molecular flexibility index (Phi) is 2.46. The fourth-order valence-electron chi connectivity index (χ4n) is 1.22. The number of carbonyl (C=O) groups excluding carboxylic acids is 1. The van der Waals surface area contributed by atoms with Crippen molar-refractivity contribution in [3.8, 4) is 0 Å². The Balaban J connectivity index is 3.00. The second-order valence-corrected chi connectivity index (χ2v) is 4.85. The molecule has 0 unspecified atom stereocenters. The highest BCUT2D eigenvalue weighted by Crippen LogP contribution is 2.19. The third-order valence-corrected chi connectivity index (χ3v) is 2.83. The van der Waals surface area contributed by atoms with E-state index in [9.17, 15) is 9.90 Å². The van der Waals surface area contributed by atoms with E-state index in [0.717, 1.165) is 12.3 Å². The van der Waals surface area contributed by atoms with Crippen LogP contribution in [0.2, 0.25) is 0 Å². The SMILES string of the molecule is CC(C)(C)[N+]1=C(C(=O)[O-])SCC1. The average molecular weight is 187 g/mol. The van der Waals surface area contributed by atoms with Crippen LogP contribution in [0.15, 0.2) is 0 Å². The van der Waals surface area contributed by atoms with Gasteiger partial charge in [-0.05, 0) is 32.5 Å². The first-order valence-electron chi connectivity index (χ1n) is 3.91. The van der Waals surface area contributed by atoms with Crippen LogP contribution >= 0.6 is 11.8 Å². The van der Waals surface area contributed by atoms with Crippen LogP contribution in [0, 0.1) is 0 Å². The molecule has 0 aromatic carbocycles. The maximum Gasteiger partial charge on any atom is 0.258 e. The summed E-state index contributed by atoms with van der Waals surface area (Å²) < 4.78 is 1.88. The standard InChI is InChI=1S/C8H13NO2S/c1-8(2,3)9-4-5-12-6(9)7(10)11/h4-5H2,1-3H3. The molecular formula is C8H13NO2S. The van der Waals surface area contributed by atoms with Crippen LogP contribution < -0.4 is 5.11 Å². The largest absolute Gasteiger partial charge is 0.539 e. The summed E-state index contributed by atoms with van der Waals surface area (Å²) in [6.45, 7) is 6.81. The van der Waals surface area contributed by atoms with E-state index in [2.05, 4.69) is 0 Å². The predicted octanol–water partition coefficient (Wildman–Crippen LogP) is -0.307. The number of nitrogens with zero attached hydrogens (tertiary/aromatic N) is 1. The number of rotatable bonds is 1. The van der Waals surface area contributed by atoms with Crippen molar-refractivity contribution >= 4 is 22.8 Å². The second kappa shape index (κ2) is 3.09. The van der Waals surface area contributed by atoms with E-state index < -0.39 is 5.97 Å². The Morgan fingerprint density at radius 2 is 2.17 bits per heavy atom. The van der Waals surface area contributed by atoms with Crippen LogP contribution in [0.4, 0.5) is 0 Å². The molecule has 1 rings (SSSR count). The van der Waals surface area contributed by atoms with Gasteiger partial charge in [0.1, 0.15) is 5.97 Å². The van der Waals surface area contributed by atoms with E-state index in [1.807, 2.05) is 25.3 Å². The molecule has 0 aliphatic carbocycles. The summed E-state index contributed by atoms with van der Waals surface area (Å²) in [6, 6.07) is 0. The van der Waals surface area contributed by atoms with Crippen LogP contribution in [0.3, 0.4) is 0 Å². The summed E-state index contributed by atoms with van der Waals surface area (Å²) >= 11 is 1.37. The van der Waals surface area contributed by atoms with Crippen LogP contribution in [0.5, 0.6) is 0 Å². The average Bonchev–Trinajstić information content (AvgIpc) is 2.30. The lowest BCUT2D eigenvalue weighted by Crippen LogP contribution is -2.41. The number of hydrogen-bond donors (Lipinski definition) is 0. The molecule has 1 aliphatic heterocycles. The van der Waals surface area contributed by atoms with Gasteiger partial charge in [0, 0.05) is 0 Å². The molecule has 0 aromatic heterocycles. The lowest BCUT2D eigenvalue weighted by Gasteiger charge is -2.16. The van der Waals surface area contributed by atoms with Gasteiger partial charge >= 0.3 is 0 Å². The molecule has 0 saturated carbocycles. The van der Waals surface area contributed by atoms with Crippen molar-refractivity contribution in [3.05, 3.63) is 0 Å². The maximum atomic E-state index is 10.6. The van der Waals surface area contributed by atoms with Gasteiger partial charge in [-0.25, -0.2) is 4.58 Å². The zero-order valence-electron chi connectivity index (χ0n) is 7.59. The molecule has 0 spiro atoms. The van der Waals surface area contributed by atoms with Crippen molar-refractivity contribution in [2.45, 2.75) is 26.3 Å². The van der Waals surface area contributed by atoms with E-state index in [0.29, 0.717) is 5.04 Å². The van der Waals surface area contributed by atoms with Crippen LogP contribution in [0.1, 0.15) is 20.8 Å². The highest BCUT2D eigenvalue weighted by Gasteiger charge is 2.33. The van der Waals surface area contributed by atoms with Crippen LogP contribution in [-0.2, 0) is 4.79 Å². The molecule has 0 radical (unpaired) electrons. The van der Waals surface area contributed by atoms with Crippen molar-refractivity contribution < 1.29 is 14.5 Å². The minimum absolute atomic E-state index is 0.112. The zero-order valence-corrected chi connectivity index (χ0v) is 8.40. The van der Waals surface area contributed by atoms with Crippen molar-refractivity contribution in [2.24, 2.45) is 0 Å². The summed E-state index contributed by atoms with van der Waals surface area (Å²) in [5.74, 6) is -0.201. The number of carbonyl (C=O) groups is 1. The van der Waals surface area contributed by atoms with Crippen LogP contribution in [0.25, 0.3) is 0 Å². The maximum absolute atomic E-state index is 10.6. The van der Waals surface area contributed by atoms with E-state index in [1.54, 1.807) is 0 Å². The number of carboxylic acid groups (broad SMARTS) is 1. The van der Waals surface area contributed by atoms with E-state index >= 15 is 0 Å². The molecule has 0 amide bonds. The molecule has 0 N–H and O–H groups in total. The van der Waals surface area contributed by atoms with Crippen LogP contribution in [-0.4, -0.2) is 33.4 Å². The summed E-state index contributed by atoms with van der Waals surface area (Å²) in [4.78, 5) is 10.6. The van der Waals surface area contributed by atoms with Gasteiger partial charge in [0.15, 0.2) is 12.1 Å². The molecule has 3 nitrogen and oxygen atoms in total. The van der Waals surface area contributed by atoms with Crippen molar-refractivity contribution in [1.29, 1.82) is 0 Å². The zero-order chi connectivity index (χ0) is 9.35. The Hall–Kier alpha value is -0.510. The van der Waals surface area contributed by atoms with Gasteiger partial charge in [-0.3, -0.25) is 0 Å². The van der Waals surface area contributed by atoms with Gasteiger partial charge in [-0.2, -0.15) is 0 Å². The first kappa shape index (κ1) is 9.58. The highest BCUT2D eigenvalue weighted by atomic mass is 32.2. The summed E-state index contributed by atoms with van der Waals surface area (Å²) in [5, 5.41) is 11.0. The quantitative estimate of drug-likeness (QED) is 0.529. The van der Waals surface area contributed by atoms with Gasteiger partial charge in [0.25, 0.3) is 5.04 Å². The number of aliphatic carboxylic acids is 1. The molecule has 0 bridgehead atoms. The number of thioether (sulfide) groups is 1. The molecule has 0 fully saturated rings. The van der Waals surface area contributed by atoms with Crippen molar-refractivity contribution in [3.63, 3.8) is 0 Å². The monoisotopic (exact) mass is 187 g/mol. The summed E-state index contributed by atoms with van der Waals surface area (Å²) in [5.41, 5.74) is -0.112. The molecule has 68 valence electrons. The Labute approximate surface area is 76.5 Å². The van der Waals surface area contributed by atoms with Gasteiger partial charge in [-0.1, -0.05) is 0 Å². The van der Waals surface area contributed by atoms with Gasteiger partial charge in [-0.15, -0.1) is 0 Å². The molecule has 12 heavy (non-hydrogen) atoms. The normalized spacial score (nSPS) is 18.6. The molecule has 1 aliphatic rings. The van der Waals surface area contributed by atoms with Gasteiger partial charge < -0.3 is 9.90 Å². The smallest absolute Gasteiger partial charge is 0.258 e. The Bertz CT molecular complexity index is 240. The number of hydrogen-bond acceptors (Lipinski definition) is 3. The lowest BCUT2D eigenvalue weighted by atomic mass is 10.1. The van der Waals surface area contributed by atoms with Gasteiger partial charge in [0.2, 0.25) is 0 Å². The first-order chi connectivity index (χ1) is 5.43. The first-order valence-corrected chi connectivity index (χ1v) is 4.90. The lowest BCUT2D eigenvalue weighted by molar-refractivity contribution is -0.588. The predicted molar refractivity (Wildman–Crippen MR) is 47.4 cm³/mol. The van der Waals surface area contributed by atoms with E-state index in [4.69, 9.17) is 0 Å². The molecule has 4 heteroatoms. The summed E-state index contributed by atoms with van der Waals surface area (Å²) in [6.07, 6.45) is 0. The van der Waals surface area contributed by atoms with Crippen molar-refractivity contribution in [2.75, 3.05) is 12.3 Å². The fraction of sp³-hybridized carbons (Fsp3) is 0.750. The molecule has 1 heterocycles. The Morgan fingerprint density at radius 1 is 1.58 bits per heavy atom. The Morgan fingerprint density at radius 3 is 2.50 bits per heavy atom. The van der Waals surface area contributed by atoms with Crippen molar-refractivity contribution in [1.82, 2.24) is 0 Å². The minimum atomic E-state index is -1.05. The second-order valence-electron chi connectivity index (χ2n) is 3.76. The molecule has 0 aromatic rings. The van der Waals surface area contributed by atoms with E-state index in [1.165, 1.54) is 11.8 Å².